The van der Waals surface area contributed by atoms with Crippen LogP contribution in [0.25, 0.3) is 22.0 Å². The SMILES string of the molecule is COC1CCC(NC/C=C/C(=O)Nc2c(F)cc(C(=O)c3cn4c5c(cccc35)-c3c(C)cccc3OCC4)cc2F)CC1. The van der Waals surface area contributed by atoms with Gasteiger partial charge in [-0.15, -0.1) is 0 Å². The zero-order chi connectivity index (χ0) is 30.8. The van der Waals surface area contributed by atoms with Gasteiger partial charge in [0.1, 0.15) is 29.7 Å². The maximum absolute atomic E-state index is 15.1. The van der Waals surface area contributed by atoms with Crippen LogP contribution in [0.3, 0.4) is 0 Å². The quantitative estimate of drug-likeness (QED) is 0.177. The third kappa shape index (κ3) is 5.89. The lowest BCUT2D eigenvalue weighted by molar-refractivity contribution is -0.112. The molecule has 2 heterocycles. The van der Waals surface area contributed by atoms with Gasteiger partial charge in [0.25, 0.3) is 0 Å². The van der Waals surface area contributed by atoms with E-state index < -0.39 is 29.0 Å². The van der Waals surface area contributed by atoms with Crippen molar-refractivity contribution in [1.82, 2.24) is 9.88 Å². The summed E-state index contributed by atoms with van der Waals surface area (Å²) in [5, 5.41) is 6.33. The number of ether oxygens (including phenoxy) is 2. The number of benzene rings is 3. The molecule has 0 unspecified atom stereocenters. The zero-order valence-corrected chi connectivity index (χ0v) is 24.8. The number of ketones is 1. The number of hydrogen-bond acceptors (Lipinski definition) is 5. The second kappa shape index (κ2) is 12.7. The van der Waals surface area contributed by atoms with E-state index in [9.17, 15) is 9.59 Å². The molecular formula is C35H35F2N3O4. The van der Waals surface area contributed by atoms with Crippen LogP contribution in [0.2, 0.25) is 0 Å². The standard InChI is InChI=1S/C35H35F2N3O4/c1-21-6-3-9-30-32(21)26-8-4-7-25-27(20-40(34(25)26)16-17-44-30)35(42)22-18-28(36)33(29(37)19-22)39-31(41)10-5-15-38-23-11-13-24(43-2)14-12-23/h3-10,18-20,23-24,38H,11-17H2,1-2H3,(H,39,41)/b10-5+. The number of aryl methyl sites for hydroxylation is 1. The number of anilines is 1. The molecule has 2 aliphatic rings. The molecule has 9 heteroatoms. The lowest BCUT2D eigenvalue weighted by Crippen LogP contribution is -2.35. The van der Waals surface area contributed by atoms with E-state index in [1.807, 2.05) is 47.9 Å². The van der Waals surface area contributed by atoms with Gasteiger partial charge in [0.2, 0.25) is 5.91 Å². The predicted octanol–water partition coefficient (Wildman–Crippen LogP) is 6.56. The molecule has 4 aromatic rings. The van der Waals surface area contributed by atoms with E-state index in [-0.39, 0.29) is 5.56 Å². The van der Waals surface area contributed by atoms with Crippen molar-refractivity contribution >= 4 is 28.3 Å². The first-order valence-corrected chi connectivity index (χ1v) is 15.0. The van der Waals surface area contributed by atoms with Crippen molar-refractivity contribution < 1.29 is 27.8 Å². The molecule has 0 spiro atoms. The summed E-state index contributed by atoms with van der Waals surface area (Å²) in [7, 11) is 1.73. The predicted molar refractivity (Wildman–Crippen MR) is 166 cm³/mol. The van der Waals surface area contributed by atoms with Crippen LogP contribution >= 0.6 is 0 Å². The molecule has 1 aliphatic carbocycles. The number of amides is 1. The fourth-order valence-electron chi connectivity index (χ4n) is 6.33. The van der Waals surface area contributed by atoms with E-state index in [4.69, 9.17) is 9.47 Å². The van der Waals surface area contributed by atoms with E-state index in [2.05, 4.69) is 10.6 Å². The Kier molecular flexibility index (Phi) is 8.59. The van der Waals surface area contributed by atoms with E-state index in [1.165, 1.54) is 6.08 Å². The summed E-state index contributed by atoms with van der Waals surface area (Å²) in [6, 6.07) is 13.9. The van der Waals surface area contributed by atoms with Gasteiger partial charge in [-0.05, 0) is 56.4 Å². The highest BCUT2D eigenvalue weighted by Gasteiger charge is 2.25. The van der Waals surface area contributed by atoms with Gasteiger partial charge in [-0.25, -0.2) is 8.78 Å². The number of nitrogens with zero attached hydrogens (tertiary/aromatic N) is 1. The topological polar surface area (TPSA) is 81.6 Å². The van der Waals surface area contributed by atoms with Crippen LogP contribution in [0, 0.1) is 18.6 Å². The van der Waals surface area contributed by atoms with E-state index >= 15 is 8.78 Å². The molecule has 1 aliphatic heterocycles. The highest BCUT2D eigenvalue weighted by Crippen LogP contribution is 2.40. The third-order valence-corrected chi connectivity index (χ3v) is 8.59. The summed E-state index contributed by atoms with van der Waals surface area (Å²) in [6.45, 7) is 3.37. The van der Waals surface area contributed by atoms with Gasteiger partial charge in [-0.1, -0.05) is 36.4 Å². The lowest BCUT2D eigenvalue weighted by Gasteiger charge is -2.27. The van der Waals surface area contributed by atoms with Crippen molar-refractivity contribution in [3.05, 3.63) is 95.2 Å². The third-order valence-electron chi connectivity index (χ3n) is 8.59. The van der Waals surface area contributed by atoms with Crippen LogP contribution in [0.15, 0.2) is 66.9 Å². The van der Waals surface area contributed by atoms with Crippen molar-refractivity contribution in [2.75, 3.05) is 25.6 Å². The molecule has 228 valence electrons. The molecular weight excluding hydrogens is 564 g/mol. The second-order valence-corrected chi connectivity index (χ2v) is 11.4. The summed E-state index contributed by atoms with van der Waals surface area (Å²) < 4.78 is 43.7. The first kappa shape index (κ1) is 29.7. The van der Waals surface area contributed by atoms with Gasteiger partial charge in [-0.3, -0.25) is 9.59 Å². The number of fused-ring (bicyclic) bond motifs is 2. The van der Waals surface area contributed by atoms with Gasteiger partial charge in [0, 0.05) is 59.6 Å². The highest BCUT2D eigenvalue weighted by atomic mass is 19.1. The lowest BCUT2D eigenvalue weighted by atomic mass is 9.93. The maximum Gasteiger partial charge on any atom is 0.248 e. The summed E-state index contributed by atoms with van der Waals surface area (Å²) in [5.41, 5.74) is 3.37. The highest BCUT2D eigenvalue weighted by molar-refractivity contribution is 6.18. The summed E-state index contributed by atoms with van der Waals surface area (Å²) in [6.07, 6.45) is 8.84. The van der Waals surface area contributed by atoms with Crippen LogP contribution in [0.4, 0.5) is 14.5 Å². The largest absolute Gasteiger partial charge is 0.491 e. The Labute approximate surface area is 254 Å². The van der Waals surface area contributed by atoms with Crippen molar-refractivity contribution in [3.63, 3.8) is 0 Å². The minimum atomic E-state index is -1.02. The maximum atomic E-state index is 15.1. The summed E-state index contributed by atoms with van der Waals surface area (Å²) in [4.78, 5) is 26.1. The normalized spacial score (nSPS) is 18.0. The van der Waals surface area contributed by atoms with E-state index in [1.54, 1.807) is 19.4 Å². The van der Waals surface area contributed by atoms with Gasteiger partial charge in [0.15, 0.2) is 5.78 Å². The second-order valence-electron chi connectivity index (χ2n) is 11.4. The monoisotopic (exact) mass is 599 g/mol. The average molecular weight is 600 g/mol. The molecule has 0 bridgehead atoms. The van der Waals surface area contributed by atoms with Crippen LogP contribution in [-0.2, 0) is 16.1 Å². The molecule has 2 N–H and O–H groups in total. The fourth-order valence-corrected chi connectivity index (χ4v) is 6.33. The Morgan fingerprint density at radius 3 is 2.57 bits per heavy atom. The molecule has 1 fully saturated rings. The smallest absolute Gasteiger partial charge is 0.248 e. The minimum Gasteiger partial charge on any atom is -0.491 e. The number of hydrogen-bond donors (Lipinski definition) is 2. The molecule has 1 aromatic heterocycles. The molecule has 6 rings (SSSR count). The first-order chi connectivity index (χ1) is 21.3. The number of carbonyl (C=O) groups is 2. The van der Waals surface area contributed by atoms with E-state index in [0.29, 0.717) is 42.8 Å². The van der Waals surface area contributed by atoms with Gasteiger partial charge >= 0.3 is 0 Å². The Morgan fingerprint density at radius 1 is 1.07 bits per heavy atom. The summed E-state index contributed by atoms with van der Waals surface area (Å²) in [5.74, 6) is -2.45. The van der Waals surface area contributed by atoms with Crippen molar-refractivity contribution in [2.24, 2.45) is 0 Å². The molecule has 0 radical (unpaired) electrons. The van der Waals surface area contributed by atoms with Gasteiger partial charge in [0.05, 0.1) is 18.2 Å². The van der Waals surface area contributed by atoms with Crippen LogP contribution in [0.1, 0.15) is 47.2 Å². The fraction of sp³-hybridized carbons (Fsp3) is 0.314. The van der Waals surface area contributed by atoms with Crippen molar-refractivity contribution in [2.45, 2.75) is 51.3 Å². The summed E-state index contributed by atoms with van der Waals surface area (Å²) >= 11 is 0. The number of halogens is 2. The molecule has 7 nitrogen and oxygen atoms in total. The first-order valence-electron chi connectivity index (χ1n) is 15.0. The Hall–Kier alpha value is -4.34. The molecule has 0 atom stereocenters. The van der Waals surface area contributed by atoms with Crippen molar-refractivity contribution in [1.29, 1.82) is 0 Å². The Morgan fingerprint density at radius 2 is 1.82 bits per heavy atom. The number of aromatic nitrogens is 1. The number of para-hydroxylation sites is 1. The Bertz CT molecular complexity index is 1730. The van der Waals surface area contributed by atoms with Gasteiger partial charge in [-0.2, -0.15) is 0 Å². The van der Waals surface area contributed by atoms with Crippen LogP contribution in [0.5, 0.6) is 5.75 Å². The zero-order valence-electron chi connectivity index (χ0n) is 24.8. The number of carbonyl (C=O) groups excluding carboxylic acids is 2. The average Bonchev–Trinajstić information content (AvgIpc) is 3.39. The van der Waals surface area contributed by atoms with Gasteiger partial charge < -0.3 is 24.7 Å². The minimum absolute atomic E-state index is 0.145. The van der Waals surface area contributed by atoms with Crippen LogP contribution < -0.4 is 15.4 Å². The number of rotatable bonds is 8. The Balaban J connectivity index is 1.19. The molecule has 1 saturated carbocycles. The van der Waals surface area contributed by atoms with Crippen LogP contribution in [-0.4, -0.2) is 48.7 Å². The van der Waals surface area contributed by atoms with Crippen molar-refractivity contribution in [3.8, 4) is 16.9 Å². The molecule has 0 saturated heterocycles. The number of nitrogens with one attached hydrogen (secondary N) is 2. The van der Waals surface area contributed by atoms with E-state index in [0.717, 1.165) is 65.8 Å². The molecule has 3 aromatic carbocycles. The molecule has 44 heavy (non-hydrogen) atoms. The number of methoxy groups -OCH3 is 1. The molecule has 1 amide bonds.